The zero-order valence-corrected chi connectivity index (χ0v) is 14.4. The fraction of sp³-hybridized carbons (Fsp3) is 0.357. The third kappa shape index (κ3) is 4.10. The highest BCUT2D eigenvalue weighted by molar-refractivity contribution is 8.00. The van der Waals surface area contributed by atoms with E-state index in [9.17, 15) is 17.4 Å². The van der Waals surface area contributed by atoms with Gasteiger partial charge in [0.25, 0.3) is 0 Å². The van der Waals surface area contributed by atoms with E-state index in [0.29, 0.717) is 15.4 Å². The molecule has 23 heavy (non-hydrogen) atoms. The summed E-state index contributed by atoms with van der Waals surface area (Å²) < 4.78 is 50.3. The summed E-state index contributed by atoms with van der Waals surface area (Å²) >= 11 is 1.41. The molecule has 2 aromatic rings. The normalized spacial score (nSPS) is 14.6. The van der Waals surface area contributed by atoms with Gasteiger partial charge in [-0.25, -0.2) is 4.98 Å². The summed E-state index contributed by atoms with van der Waals surface area (Å²) in [6.45, 7) is 5.30. The molecular formula is C14H16F3N3OS2. The summed E-state index contributed by atoms with van der Waals surface area (Å²) in [5, 5.41) is 6.56. The van der Waals surface area contributed by atoms with Crippen molar-refractivity contribution in [3.8, 4) is 0 Å². The van der Waals surface area contributed by atoms with Crippen molar-refractivity contribution in [3.05, 3.63) is 45.2 Å². The van der Waals surface area contributed by atoms with Crippen molar-refractivity contribution in [2.45, 2.75) is 32.7 Å². The lowest BCUT2D eigenvalue weighted by atomic mass is 10.2. The van der Waals surface area contributed by atoms with Gasteiger partial charge in [0.1, 0.15) is 10.7 Å². The van der Waals surface area contributed by atoms with Crippen LogP contribution in [0.25, 0.3) is 0 Å². The first kappa shape index (κ1) is 17.9. The summed E-state index contributed by atoms with van der Waals surface area (Å²) in [7, 11) is -2.92. The fourth-order valence-electron chi connectivity index (χ4n) is 1.86. The van der Waals surface area contributed by atoms with E-state index in [2.05, 4.69) is 9.97 Å². The van der Waals surface area contributed by atoms with E-state index in [1.165, 1.54) is 17.4 Å². The number of rotatable bonds is 3. The lowest BCUT2D eigenvalue weighted by Gasteiger charge is -2.11. The number of nitrogens with zero attached hydrogens (tertiary/aromatic N) is 2. The number of hydrogen-bond donors (Lipinski definition) is 1. The van der Waals surface area contributed by atoms with Gasteiger partial charge in [0, 0.05) is 31.2 Å². The molecule has 1 unspecified atom stereocenters. The van der Waals surface area contributed by atoms with Crippen molar-refractivity contribution in [2.24, 2.45) is 5.14 Å². The molecule has 0 aliphatic carbocycles. The highest BCUT2D eigenvalue weighted by Crippen LogP contribution is 2.27. The van der Waals surface area contributed by atoms with Crippen LogP contribution in [0, 0.1) is 13.8 Å². The van der Waals surface area contributed by atoms with Crippen LogP contribution in [0.15, 0.2) is 18.3 Å². The lowest BCUT2D eigenvalue weighted by molar-refractivity contribution is -0.141. The monoisotopic (exact) mass is 363 g/mol. The molecule has 0 radical (unpaired) electrons. The Kier molecular flexibility index (Phi) is 4.84. The van der Waals surface area contributed by atoms with Crippen molar-refractivity contribution in [3.63, 3.8) is 0 Å². The van der Waals surface area contributed by atoms with Crippen molar-refractivity contribution in [1.29, 1.82) is 0 Å². The van der Waals surface area contributed by atoms with Crippen LogP contribution in [-0.2, 0) is 21.6 Å². The molecule has 0 aliphatic heterocycles. The van der Waals surface area contributed by atoms with Crippen LogP contribution in [0.5, 0.6) is 0 Å². The second-order valence-corrected chi connectivity index (χ2v) is 8.75. The summed E-state index contributed by atoms with van der Waals surface area (Å²) in [6.07, 6.45) is -3.46. The van der Waals surface area contributed by atoms with E-state index in [1.54, 1.807) is 6.92 Å². The molecule has 0 saturated heterocycles. The molecule has 1 atom stereocenters. The highest BCUT2D eigenvalue weighted by Gasteiger charge is 2.32. The number of thiazole rings is 1. The Labute approximate surface area is 136 Å². The molecule has 2 aromatic heterocycles. The standard InChI is InChI=1S/C14H16F3N3OS2/c1-8-9(2)22-13(20-8)7-23(18,21)10(3)11-4-5-12(19-6-11)14(15,16)17/h4-6H,7H2,1-3H3,(H2,18,21). The quantitative estimate of drug-likeness (QED) is 0.673. The van der Waals surface area contributed by atoms with E-state index >= 15 is 0 Å². The van der Waals surface area contributed by atoms with Crippen LogP contribution in [-0.4, -0.2) is 19.0 Å². The number of aromatic nitrogens is 2. The Morgan fingerprint density at radius 3 is 2.43 bits per heavy atom. The Hall–Kier alpha value is -1.45. The first-order valence-electron chi connectivity index (χ1n) is 6.60. The van der Waals surface area contributed by atoms with E-state index in [-0.39, 0.29) is 5.75 Å². The van der Waals surface area contributed by atoms with Gasteiger partial charge in [0.2, 0.25) is 0 Å². The topological polar surface area (TPSA) is 68.9 Å². The summed E-state index contributed by atoms with van der Waals surface area (Å²) in [4.78, 5) is 9.00. The molecule has 2 heterocycles. The minimum atomic E-state index is -4.51. The molecule has 0 spiro atoms. The summed E-state index contributed by atoms with van der Waals surface area (Å²) in [6, 6.07) is 2.09. The van der Waals surface area contributed by atoms with Crippen LogP contribution >= 0.6 is 11.3 Å². The van der Waals surface area contributed by atoms with Crippen molar-refractivity contribution in [2.75, 3.05) is 0 Å². The fourth-order valence-corrected chi connectivity index (χ4v) is 4.52. The van der Waals surface area contributed by atoms with Crippen LogP contribution in [0.3, 0.4) is 0 Å². The minimum absolute atomic E-state index is 0.0548. The Balaban J connectivity index is 2.36. The van der Waals surface area contributed by atoms with Crippen LogP contribution in [0.2, 0.25) is 0 Å². The molecule has 126 valence electrons. The first-order chi connectivity index (χ1) is 10.5. The van der Waals surface area contributed by atoms with Gasteiger partial charge in [-0.1, -0.05) is 6.07 Å². The van der Waals surface area contributed by atoms with Crippen molar-refractivity contribution < 1.29 is 17.4 Å². The molecule has 4 nitrogen and oxygen atoms in total. The lowest BCUT2D eigenvalue weighted by Crippen LogP contribution is -2.24. The first-order valence-corrected chi connectivity index (χ1v) is 9.21. The average Bonchev–Trinajstić information content (AvgIpc) is 2.74. The van der Waals surface area contributed by atoms with Crippen LogP contribution < -0.4 is 5.14 Å². The molecule has 0 saturated carbocycles. The summed E-state index contributed by atoms with van der Waals surface area (Å²) in [5.41, 5.74) is 0.188. The van der Waals surface area contributed by atoms with Crippen LogP contribution in [0.1, 0.15) is 33.8 Å². The van der Waals surface area contributed by atoms with Gasteiger partial charge in [-0.05, 0) is 26.8 Å². The Morgan fingerprint density at radius 1 is 1.35 bits per heavy atom. The van der Waals surface area contributed by atoms with Crippen LogP contribution in [0.4, 0.5) is 13.2 Å². The van der Waals surface area contributed by atoms with Gasteiger partial charge in [-0.15, -0.1) is 11.3 Å². The SMILES string of the molecule is CC(c1ccc(C(F)(F)F)nc1)=S(N)(=O)Cc1nc(C)c(C)s1. The van der Waals surface area contributed by atoms with E-state index in [0.717, 1.165) is 22.8 Å². The zero-order chi connectivity index (χ0) is 17.4. The highest BCUT2D eigenvalue weighted by atomic mass is 32.2. The molecule has 0 fully saturated rings. The van der Waals surface area contributed by atoms with Gasteiger partial charge < -0.3 is 0 Å². The Morgan fingerprint density at radius 2 is 2.00 bits per heavy atom. The second-order valence-electron chi connectivity index (χ2n) is 5.11. The zero-order valence-electron chi connectivity index (χ0n) is 12.8. The number of halogens is 3. The van der Waals surface area contributed by atoms with Crippen molar-refractivity contribution >= 4 is 25.9 Å². The number of aryl methyl sites for hydroxylation is 2. The average molecular weight is 363 g/mol. The Bertz CT molecular complexity index is 812. The smallest absolute Gasteiger partial charge is 0.258 e. The maximum atomic E-state index is 12.7. The predicted molar refractivity (Wildman–Crippen MR) is 86.6 cm³/mol. The van der Waals surface area contributed by atoms with Gasteiger partial charge in [0.15, 0.2) is 0 Å². The minimum Gasteiger partial charge on any atom is -0.258 e. The molecule has 2 N–H and O–H groups in total. The van der Waals surface area contributed by atoms with E-state index < -0.39 is 21.6 Å². The van der Waals surface area contributed by atoms with E-state index in [1.807, 2.05) is 13.8 Å². The maximum Gasteiger partial charge on any atom is 0.433 e. The van der Waals surface area contributed by atoms with E-state index in [4.69, 9.17) is 5.14 Å². The predicted octanol–water partition coefficient (Wildman–Crippen LogP) is 3.07. The largest absolute Gasteiger partial charge is 0.433 e. The van der Waals surface area contributed by atoms with Gasteiger partial charge in [0.05, 0.1) is 11.4 Å². The third-order valence-corrected chi connectivity index (χ3v) is 6.62. The molecule has 0 amide bonds. The van der Waals surface area contributed by atoms with Crippen molar-refractivity contribution in [1.82, 2.24) is 9.97 Å². The van der Waals surface area contributed by atoms with Gasteiger partial charge >= 0.3 is 6.18 Å². The molecule has 9 heteroatoms. The summed E-state index contributed by atoms with van der Waals surface area (Å²) in [5.74, 6) is 0.0548. The number of alkyl halides is 3. The number of nitrogens with two attached hydrogens (primary N) is 1. The number of pyridine rings is 1. The third-order valence-electron chi connectivity index (χ3n) is 3.39. The maximum absolute atomic E-state index is 12.7. The van der Waals surface area contributed by atoms with Gasteiger partial charge in [-0.3, -0.25) is 14.3 Å². The molecule has 0 aliphatic rings. The second kappa shape index (κ2) is 6.21. The molecular weight excluding hydrogens is 347 g/mol. The van der Waals surface area contributed by atoms with Gasteiger partial charge in [-0.2, -0.15) is 13.2 Å². The molecule has 2 rings (SSSR count). The number of hydrogen-bond acceptors (Lipinski definition) is 4. The molecule has 0 aromatic carbocycles. The molecule has 0 bridgehead atoms.